The number of benzene rings is 1. The Labute approximate surface area is 109 Å². The predicted octanol–water partition coefficient (Wildman–Crippen LogP) is 2.07. The van der Waals surface area contributed by atoms with Crippen LogP contribution in [0.4, 0.5) is 5.69 Å². The second kappa shape index (κ2) is 5.39. The summed E-state index contributed by atoms with van der Waals surface area (Å²) < 4.78 is 10.2. The Hall–Kier alpha value is -2.56. The van der Waals surface area contributed by atoms with Gasteiger partial charge in [0.05, 0.1) is 6.61 Å². The SMILES string of the molecule is CCOC(=O)c1cc(=O)cc(-c2ccc(N)cc2)o1. The van der Waals surface area contributed by atoms with Crippen molar-refractivity contribution in [2.75, 3.05) is 12.3 Å². The van der Waals surface area contributed by atoms with Gasteiger partial charge in [-0.3, -0.25) is 4.79 Å². The molecule has 19 heavy (non-hydrogen) atoms. The van der Waals surface area contributed by atoms with Crippen LogP contribution in [0.3, 0.4) is 0 Å². The third kappa shape index (κ3) is 3.01. The number of ether oxygens (including phenoxy) is 1. The fraction of sp³-hybridized carbons (Fsp3) is 0.143. The number of esters is 1. The number of rotatable bonds is 3. The molecule has 0 fully saturated rings. The zero-order chi connectivity index (χ0) is 13.8. The lowest BCUT2D eigenvalue weighted by molar-refractivity contribution is 0.0488. The summed E-state index contributed by atoms with van der Waals surface area (Å²) in [4.78, 5) is 23.1. The second-order valence-corrected chi connectivity index (χ2v) is 3.86. The van der Waals surface area contributed by atoms with Gasteiger partial charge in [0.1, 0.15) is 5.76 Å². The molecule has 2 aromatic rings. The first kappa shape index (κ1) is 12.9. The molecule has 5 heteroatoms. The van der Waals surface area contributed by atoms with Crippen molar-refractivity contribution in [3.8, 4) is 11.3 Å². The zero-order valence-corrected chi connectivity index (χ0v) is 10.4. The van der Waals surface area contributed by atoms with Crippen molar-refractivity contribution in [2.24, 2.45) is 0 Å². The molecule has 5 nitrogen and oxygen atoms in total. The minimum absolute atomic E-state index is 0.110. The molecule has 0 atom stereocenters. The molecule has 0 amide bonds. The van der Waals surface area contributed by atoms with Crippen LogP contribution in [0, 0.1) is 0 Å². The van der Waals surface area contributed by atoms with Crippen LogP contribution < -0.4 is 11.2 Å². The standard InChI is InChI=1S/C14H13NO4/c1-2-18-14(17)13-8-11(16)7-12(19-13)9-3-5-10(15)6-4-9/h3-8H,2,15H2,1H3. The third-order valence-electron chi connectivity index (χ3n) is 2.44. The molecule has 0 aliphatic heterocycles. The van der Waals surface area contributed by atoms with E-state index < -0.39 is 5.97 Å². The summed E-state index contributed by atoms with van der Waals surface area (Å²) in [7, 11) is 0. The molecule has 0 spiro atoms. The van der Waals surface area contributed by atoms with Crippen LogP contribution in [0.2, 0.25) is 0 Å². The molecular formula is C14H13NO4. The van der Waals surface area contributed by atoms with Gasteiger partial charge in [0.2, 0.25) is 5.76 Å². The number of hydrogen-bond acceptors (Lipinski definition) is 5. The van der Waals surface area contributed by atoms with E-state index in [9.17, 15) is 9.59 Å². The molecule has 0 aliphatic carbocycles. The maximum absolute atomic E-state index is 11.6. The van der Waals surface area contributed by atoms with Gasteiger partial charge in [-0.2, -0.15) is 0 Å². The number of nitrogen functional groups attached to an aromatic ring is 1. The molecule has 1 heterocycles. The zero-order valence-electron chi connectivity index (χ0n) is 10.4. The summed E-state index contributed by atoms with van der Waals surface area (Å²) >= 11 is 0. The van der Waals surface area contributed by atoms with E-state index in [4.69, 9.17) is 14.9 Å². The largest absolute Gasteiger partial charge is 0.460 e. The van der Waals surface area contributed by atoms with Gasteiger partial charge >= 0.3 is 5.97 Å². The first-order valence-electron chi connectivity index (χ1n) is 5.78. The van der Waals surface area contributed by atoms with Crippen molar-refractivity contribution in [2.45, 2.75) is 6.92 Å². The van der Waals surface area contributed by atoms with Crippen molar-refractivity contribution in [1.29, 1.82) is 0 Å². The first-order chi connectivity index (χ1) is 9.10. The van der Waals surface area contributed by atoms with Gasteiger partial charge in [-0.05, 0) is 31.2 Å². The van der Waals surface area contributed by atoms with E-state index in [2.05, 4.69) is 0 Å². The Morgan fingerprint density at radius 1 is 1.26 bits per heavy atom. The average molecular weight is 259 g/mol. The highest BCUT2D eigenvalue weighted by Gasteiger charge is 2.13. The predicted molar refractivity (Wildman–Crippen MR) is 70.8 cm³/mol. The minimum Gasteiger partial charge on any atom is -0.460 e. The lowest BCUT2D eigenvalue weighted by Crippen LogP contribution is -2.09. The van der Waals surface area contributed by atoms with Gasteiger partial charge in [-0.15, -0.1) is 0 Å². The van der Waals surface area contributed by atoms with E-state index in [0.717, 1.165) is 6.07 Å². The summed E-state index contributed by atoms with van der Waals surface area (Å²) in [6.07, 6.45) is 0. The third-order valence-corrected chi connectivity index (χ3v) is 2.44. The van der Waals surface area contributed by atoms with Crippen LogP contribution in [0.5, 0.6) is 0 Å². The Morgan fingerprint density at radius 2 is 1.95 bits per heavy atom. The second-order valence-electron chi connectivity index (χ2n) is 3.86. The summed E-state index contributed by atoms with van der Waals surface area (Å²) in [5, 5.41) is 0. The summed E-state index contributed by atoms with van der Waals surface area (Å²) in [5.41, 5.74) is 6.54. The summed E-state index contributed by atoms with van der Waals surface area (Å²) in [6, 6.07) is 9.22. The van der Waals surface area contributed by atoms with E-state index in [1.165, 1.54) is 6.07 Å². The fourth-order valence-electron chi connectivity index (χ4n) is 1.57. The van der Waals surface area contributed by atoms with Crippen molar-refractivity contribution in [3.63, 3.8) is 0 Å². The molecule has 1 aromatic heterocycles. The van der Waals surface area contributed by atoms with Crippen molar-refractivity contribution >= 4 is 11.7 Å². The first-order valence-corrected chi connectivity index (χ1v) is 5.78. The monoisotopic (exact) mass is 259 g/mol. The van der Waals surface area contributed by atoms with E-state index in [0.29, 0.717) is 17.0 Å². The van der Waals surface area contributed by atoms with Gasteiger partial charge in [-0.1, -0.05) is 0 Å². The molecule has 0 unspecified atom stereocenters. The van der Waals surface area contributed by atoms with Crippen molar-refractivity contribution in [3.05, 3.63) is 52.4 Å². The molecule has 0 bridgehead atoms. The summed E-state index contributed by atoms with van der Waals surface area (Å²) in [5.74, 6) is -0.464. The Bertz CT molecular complexity index is 643. The van der Waals surface area contributed by atoms with Crippen LogP contribution in [-0.4, -0.2) is 12.6 Å². The fourth-order valence-corrected chi connectivity index (χ4v) is 1.57. The Morgan fingerprint density at radius 3 is 2.58 bits per heavy atom. The van der Waals surface area contributed by atoms with E-state index in [1.54, 1.807) is 31.2 Å². The van der Waals surface area contributed by atoms with E-state index in [-0.39, 0.29) is 17.8 Å². The van der Waals surface area contributed by atoms with Gasteiger partial charge in [0, 0.05) is 23.4 Å². The maximum atomic E-state index is 11.6. The molecule has 0 aliphatic rings. The Balaban J connectivity index is 2.44. The number of carbonyl (C=O) groups is 1. The smallest absolute Gasteiger partial charge is 0.374 e. The number of hydrogen-bond donors (Lipinski definition) is 1. The van der Waals surface area contributed by atoms with E-state index in [1.807, 2.05) is 0 Å². The van der Waals surface area contributed by atoms with Gasteiger partial charge in [-0.25, -0.2) is 4.79 Å². The molecular weight excluding hydrogens is 246 g/mol. The number of carbonyl (C=O) groups excluding carboxylic acids is 1. The highest BCUT2D eigenvalue weighted by atomic mass is 16.5. The Kier molecular flexibility index (Phi) is 3.66. The lowest BCUT2D eigenvalue weighted by atomic mass is 10.1. The maximum Gasteiger partial charge on any atom is 0.374 e. The van der Waals surface area contributed by atoms with Gasteiger partial charge in [0.25, 0.3) is 0 Å². The molecule has 0 saturated carbocycles. The quantitative estimate of drug-likeness (QED) is 0.674. The van der Waals surface area contributed by atoms with Crippen LogP contribution in [-0.2, 0) is 4.74 Å². The minimum atomic E-state index is -0.656. The lowest BCUT2D eigenvalue weighted by Gasteiger charge is -2.04. The highest BCUT2D eigenvalue weighted by Crippen LogP contribution is 2.20. The van der Waals surface area contributed by atoms with Crippen LogP contribution in [0.1, 0.15) is 17.5 Å². The van der Waals surface area contributed by atoms with Crippen LogP contribution in [0.15, 0.2) is 45.6 Å². The van der Waals surface area contributed by atoms with Gasteiger partial charge in [0.15, 0.2) is 5.43 Å². The topological polar surface area (TPSA) is 82.5 Å². The molecule has 98 valence electrons. The van der Waals surface area contributed by atoms with Gasteiger partial charge < -0.3 is 14.9 Å². The van der Waals surface area contributed by atoms with Crippen LogP contribution in [0.25, 0.3) is 11.3 Å². The molecule has 0 saturated heterocycles. The molecule has 0 radical (unpaired) electrons. The van der Waals surface area contributed by atoms with Crippen LogP contribution >= 0.6 is 0 Å². The van der Waals surface area contributed by atoms with Crippen molar-refractivity contribution < 1.29 is 13.9 Å². The highest BCUT2D eigenvalue weighted by molar-refractivity contribution is 5.86. The molecule has 1 aromatic carbocycles. The number of anilines is 1. The number of nitrogens with two attached hydrogens (primary N) is 1. The summed E-state index contributed by atoms with van der Waals surface area (Å²) in [6.45, 7) is 1.90. The molecule has 2 N–H and O–H groups in total. The van der Waals surface area contributed by atoms with E-state index >= 15 is 0 Å². The van der Waals surface area contributed by atoms with Crippen molar-refractivity contribution in [1.82, 2.24) is 0 Å². The normalized spacial score (nSPS) is 10.2. The molecule has 2 rings (SSSR count). The average Bonchev–Trinajstić information content (AvgIpc) is 2.39.